The van der Waals surface area contributed by atoms with Crippen LogP contribution in [0.15, 0.2) is 30.8 Å². The summed E-state index contributed by atoms with van der Waals surface area (Å²) in [7, 11) is 0. The molecule has 0 saturated carbocycles. The first-order valence-electron chi connectivity index (χ1n) is 4.15. The van der Waals surface area contributed by atoms with Gasteiger partial charge in [0.2, 0.25) is 0 Å². The molecule has 0 amide bonds. The molecule has 2 nitrogen and oxygen atoms in total. The summed E-state index contributed by atoms with van der Waals surface area (Å²) in [6, 6.07) is 7.00. The molecule has 1 aromatic rings. The Kier molecular flexibility index (Phi) is 8.09. The van der Waals surface area contributed by atoms with Gasteiger partial charge in [-0.3, -0.25) is 0 Å². The van der Waals surface area contributed by atoms with Crippen molar-refractivity contribution in [1.29, 1.82) is 0 Å². The second-order valence-corrected chi connectivity index (χ2v) is 2.33. The minimum Gasteiger partial charge on any atom is -0.508 e. The monoisotopic (exact) mass is 182 g/mol. The van der Waals surface area contributed by atoms with Crippen molar-refractivity contribution in [3.05, 3.63) is 36.4 Å². The van der Waals surface area contributed by atoms with Crippen LogP contribution in [0.4, 0.5) is 0 Å². The maximum absolute atomic E-state index is 8.91. The van der Waals surface area contributed by atoms with Gasteiger partial charge in [0.1, 0.15) is 5.75 Å². The lowest BCUT2D eigenvalue weighted by molar-refractivity contribution is 0.475. The van der Waals surface area contributed by atoms with E-state index >= 15 is 0 Å². The lowest BCUT2D eigenvalue weighted by atomic mass is 10.1. The molecule has 0 saturated heterocycles. The van der Waals surface area contributed by atoms with Crippen LogP contribution in [0.5, 0.6) is 5.75 Å². The van der Waals surface area contributed by atoms with Crippen LogP contribution < -0.4 is 0 Å². The van der Waals surface area contributed by atoms with Crippen molar-refractivity contribution < 1.29 is 10.6 Å². The Morgan fingerprint density at radius 2 is 1.54 bits per heavy atom. The second-order valence-electron chi connectivity index (χ2n) is 2.33. The van der Waals surface area contributed by atoms with Crippen molar-refractivity contribution in [2.24, 2.45) is 0 Å². The summed E-state index contributed by atoms with van der Waals surface area (Å²) in [5.74, 6) is 0.296. The van der Waals surface area contributed by atoms with Crippen molar-refractivity contribution in [1.82, 2.24) is 0 Å². The van der Waals surface area contributed by atoms with E-state index in [9.17, 15) is 0 Å². The zero-order valence-corrected chi connectivity index (χ0v) is 8.46. The molecular formula is C11H18O2. The molecule has 0 radical (unpaired) electrons. The Bertz CT molecular complexity index is 237. The van der Waals surface area contributed by atoms with Gasteiger partial charge in [-0.2, -0.15) is 0 Å². The molecule has 13 heavy (non-hydrogen) atoms. The maximum Gasteiger partial charge on any atom is 0.115 e. The number of hydrogen-bond donors (Lipinski definition) is 1. The summed E-state index contributed by atoms with van der Waals surface area (Å²) in [6.07, 6.45) is 0. The van der Waals surface area contributed by atoms with Gasteiger partial charge in [-0.25, -0.2) is 0 Å². The van der Waals surface area contributed by atoms with E-state index in [1.54, 1.807) is 12.1 Å². The number of rotatable bonds is 1. The van der Waals surface area contributed by atoms with Crippen LogP contribution in [0.2, 0.25) is 0 Å². The average Bonchev–Trinajstić information content (AvgIpc) is 2.09. The van der Waals surface area contributed by atoms with Crippen LogP contribution in [0.1, 0.15) is 26.3 Å². The molecule has 0 aliphatic heterocycles. The molecular weight excluding hydrogens is 164 g/mol. The highest BCUT2D eigenvalue weighted by Crippen LogP contribution is 2.14. The molecule has 0 heterocycles. The van der Waals surface area contributed by atoms with Gasteiger partial charge in [0.15, 0.2) is 0 Å². The summed E-state index contributed by atoms with van der Waals surface area (Å²) in [5, 5.41) is 8.91. The third-order valence-electron chi connectivity index (χ3n) is 1.36. The molecule has 0 aromatic heterocycles. The Hall–Kier alpha value is -1.28. The second kappa shape index (κ2) is 7.37. The predicted octanol–water partition coefficient (Wildman–Crippen LogP) is 2.63. The first kappa shape index (κ1) is 14.3. The van der Waals surface area contributed by atoms with Gasteiger partial charge in [-0.15, -0.1) is 0 Å². The van der Waals surface area contributed by atoms with Crippen molar-refractivity contribution in [2.75, 3.05) is 0 Å². The first-order chi connectivity index (χ1) is 5.70. The van der Waals surface area contributed by atoms with E-state index in [-0.39, 0.29) is 5.48 Å². The molecule has 0 bridgehead atoms. The van der Waals surface area contributed by atoms with Gasteiger partial charge >= 0.3 is 0 Å². The van der Waals surface area contributed by atoms with E-state index in [1.165, 1.54) is 0 Å². The van der Waals surface area contributed by atoms with Crippen LogP contribution >= 0.6 is 0 Å². The van der Waals surface area contributed by atoms with E-state index < -0.39 is 0 Å². The maximum atomic E-state index is 8.91. The van der Waals surface area contributed by atoms with Crippen molar-refractivity contribution in [3.63, 3.8) is 0 Å². The molecule has 0 aliphatic carbocycles. The van der Waals surface area contributed by atoms with E-state index in [0.29, 0.717) is 5.75 Å². The molecule has 0 atom stereocenters. The SMILES string of the molecule is C=C(C)c1ccc(O)cc1.CC.O. The van der Waals surface area contributed by atoms with Gasteiger partial charge in [0, 0.05) is 0 Å². The zero-order valence-electron chi connectivity index (χ0n) is 8.46. The quantitative estimate of drug-likeness (QED) is 0.713. The molecule has 0 aliphatic rings. The third-order valence-corrected chi connectivity index (χ3v) is 1.36. The normalized spacial score (nSPS) is 7.62. The third kappa shape index (κ3) is 5.04. The Balaban J connectivity index is 0. The van der Waals surface area contributed by atoms with E-state index in [1.807, 2.05) is 32.9 Å². The highest BCUT2D eigenvalue weighted by Gasteiger charge is 1.90. The molecule has 2 heteroatoms. The van der Waals surface area contributed by atoms with Gasteiger partial charge in [-0.1, -0.05) is 38.1 Å². The highest BCUT2D eigenvalue weighted by molar-refractivity contribution is 5.61. The van der Waals surface area contributed by atoms with E-state index in [4.69, 9.17) is 5.11 Å². The lowest BCUT2D eigenvalue weighted by Gasteiger charge is -1.97. The fraction of sp³-hybridized carbons (Fsp3) is 0.273. The van der Waals surface area contributed by atoms with Gasteiger partial charge in [0.25, 0.3) is 0 Å². The molecule has 3 N–H and O–H groups in total. The zero-order chi connectivity index (χ0) is 9.56. The Morgan fingerprint density at radius 1 is 1.15 bits per heavy atom. The number of aromatic hydroxyl groups is 1. The molecule has 0 fully saturated rings. The van der Waals surface area contributed by atoms with E-state index in [2.05, 4.69) is 6.58 Å². The summed E-state index contributed by atoms with van der Waals surface area (Å²) < 4.78 is 0. The van der Waals surface area contributed by atoms with Crippen LogP contribution in [0, 0.1) is 0 Å². The summed E-state index contributed by atoms with van der Waals surface area (Å²) in [5.41, 5.74) is 2.08. The highest BCUT2D eigenvalue weighted by atomic mass is 16.3. The van der Waals surface area contributed by atoms with Crippen LogP contribution in [-0.2, 0) is 0 Å². The first-order valence-corrected chi connectivity index (χ1v) is 4.15. The summed E-state index contributed by atoms with van der Waals surface area (Å²) >= 11 is 0. The number of benzene rings is 1. The topological polar surface area (TPSA) is 51.7 Å². The summed E-state index contributed by atoms with van der Waals surface area (Å²) in [6.45, 7) is 9.71. The van der Waals surface area contributed by atoms with Crippen LogP contribution in [0.25, 0.3) is 5.57 Å². The number of hydrogen-bond acceptors (Lipinski definition) is 1. The van der Waals surface area contributed by atoms with Crippen molar-refractivity contribution in [3.8, 4) is 5.75 Å². The molecule has 74 valence electrons. The minimum atomic E-state index is 0. The number of phenolic OH excluding ortho intramolecular Hbond substituents is 1. The smallest absolute Gasteiger partial charge is 0.115 e. The molecule has 0 unspecified atom stereocenters. The average molecular weight is 182 g/mol. The fourth-order valence-electron chi connectivity index (χ4n) is 0.746. The van der Waals surface area contributed by atoms with Gasteiger partial charge < -0.3 is 10.6 Å². The Labute approximate surface area is 79.8 Å². The lowest BCUT2D eigenvalue weighted by Crippen LogP contribution is -1.74. The van der Waals surface area contributed by atoms with Gasteiger partial charge in [-0.05, 0) is 24.6 Å². The largest absolute Gasteiger partial charge is 0.508 e. The van der Waals surface area contributed by atoms with Crippen LogP contribution in [-0.4, -0.2) is 10.6 Å². The predicted molar refractivity (Wildman–Crippen MR) is 57.8 cm³/mol. The van der Waals surface area contributed by atoms with Crippen molar-refractivity contribution >= 4 is 5.57 Å². The fourth-order valence-corrected chi connectivity index (χ4v) is 0.746. The molecule has 0 spiro atoms. The van der Waals surface area contributed by atoms with Gasteiger partial charge in [0.05, 0.1) is 0 Å². The number of allylic oxidation sites excluding steroid dienone is 1. The number of phenols is 1. The van der Waals surface area contributed by atoms with Crippen LogP contribution in [0.3, 0.4) is 0 Å². The van der Waals surface area contributed by atoms with E-state index in [0.717, 1.165) is 11.1 Å². The minimum absolute atomic E-state index is 0. The standard InChI is InChI=1S/C9H10O.C2H6.H2O/c1-7(2)8-3-5-9(10)6-4-8;1-2;/h3-6,10H,1H2,2H3;1-2H3;1H2. The van der Waals surface area contributed by atoms with Crippen molar-refractivity contribution in [2.45, 2.75) is 20.8 Å². The summed E-state index contributed by atoms with van der Waals surface area (Å²) in [4.78, 5) is 0. The molecule has 1 aromatic carbocycles. The Morgan fingerprint density at radius 3 is 1.85 bits per heavy atom. The molecule has 1 rings (SSSR count).